The predicted molar refractivity (Wildman–Crippen MR) is 118 cm³/mol. The van der Waals surface area contributed by atoms with Crippen molar-refractivity contribution in [3.8, 4) is 0 Å². The van der Waals surface area contributed by atoms with Gasteiger partial charge in [0.1, 0.15) is 0 Å². The zero-order valence-electron chi connectivity index (χ0n) is 19.3. The van der Waals surface area contributed by atoms with E-state index in [2.05, 4.69) is 33.0 Å². The molecule has 0 aromatic carbocycles. The molecule has 5 heteroatoms. The summed E-state index contributed by atoms with van der Waals surface area (Å²) in [5.41, 5.74) is 0. The first-order chi connectivity index (χ1) is 13.7. The minimum Gasteiger partial charge on any atom is -0.379 e. The van der Waals surface area contributed by atoms with E-state index >= 15 is 0 Å². The second-order valence-corrected chi connectivity index (χ2v) is 7.66. The van der Waals surface area contributed by atoms with Crippen LogP contribution in [0.3, 0.4) is 0 Å². The lowest BCUT2D eigenvalue weighted by Gasteiger charge is -2.16. The van der Waals surface area contributed by atoms with Gasteiger partial charge in [-0.15, -0.1) is 0 Å². The van der Waals surface area contributed by atoms with Crippen molar-refractivity contribution < 1.29 is 18.9 Å². The number of hydrogen-bond donors (Lipinski definition) is 1. The van der Waals surface area contributed by atoms with Gasteiger partial charge in [-0.25, -0.2) is 0 Å². The Morgan fingerprint density at radius 2 is 1.18 bits per heavy atom. The highest BCUT2D eigenvalue weighted by Crippen LogP contribution is 2.07. The van der Waals surface area contributed by atoms with Crippen molar-refractivity contribution in [3.05, 3.63) is 0 Å². The lowest BCUT2D eigenvalue weighted by molar-refractivity contribution is -0.00270. The van der Waals surface area contributed by atoms with Gasteiger partial charge in [-0.3, -0.25) is 0 Å². The van der Waals surface area contributed by atoms with Crippen molar-refractivity contribution in [2.75, 3.05) is 59.4 Å². The first-order valence-electron chi connectivity index (χ1n) is 11.8. The van der Waals surface area contributed by atoms with E-state index in [1.165, 1.54) is 44.9 Å². The van der Waals surface area contributed by atoms with Crippen molar-refractivity contribution in [2.24, 2.45) is 5.92 Å². The Bertz CT molecular complexity index is 292. The standard InChI is InChI=1S/C23H49NO4/c1-5-8-9-10-11-23(7-3)24-13-15-26-17-19-28-21-20-27-18-16-25-14-12-22(4)6-2/h22-24H,5-21H2,1-4H3. The summed E-state index contributed by atoms with van der Waals surface area (Å²) in [6, 6.07) is 0.632. The quantitative estimate of drug-likeness (QED) is 0.248. The molecule has 0 aliphatic rings. The van der Waals surface area contributed by atoms with Crippen LogP contribution < -0.4 is 5.32 Å². The summed E-state index contributed by atoms with van der Waals surface area (Å²) in [4.78, 5) is 0. The van der Waals surface area contributed by atoms with Crippen molar-refractivity contribution in [1.82, 2.24) is 5.32 Å². The smallest absolute Gasteiger partial charge is 0.0701 e. The minimum absolute atomic E-state index is 0.615. The lowest BCUT2D eigenvalue weighted by atomic mass is 10.1. The van der Waals surface area contributed by atoms with Crippen LogP contribution in [0, 0.1) is 5.92 Å². The van der Waals surface area contributed by atoms with E-state index in [0.717, 1.165) is 32.1 Å². The second-order valence-electron chi connectivity index (χ2n) is 7.66. The van der Waals surface area contributed by atoms with Crippen molar-refractivity contribution in [1.29, 1.82) is 0 Å². The van der Waals surface area contributed by atoms with E-state index in [0.29, 0.717) is 45.7 Å². The van der Waals surface area contributed by atoms with Gasteiger partial charge in [0, 0.05) is 19.2 Å². The molecule has 28 heavy (non-hydrogen) atoms. The molecule has 0 aromatic heterocycles. The van der Waals surface area contributed by atoms with Gasteiger partial charge in [0.25, 0.3) is 0 Å². The van der Waals surface area contributed by atoms with Crippen LogP contribution in [0.1, 0.15) is 79.1 Å². The predicted octanol–water partition coefficient (Wildman–Crippen LogP) is 4.83. The van der Waals surface area contributed by atoms with Crippen LogP contribution in [0.4, 0.5) is 0 Å². The Balaban J connectivity index is 3.20. The van der Waals surface area contributed by atoms with Gasteiger partial charge in [0.15, 0.2) is 0 Å². The SMILES string of the molecule is CCCCCCC(CC)NCCOCCOCCOCCOCCC(C)CC. The molecule has 2 atom stereocenters. The Hall–Kier alpha value is -0.200. The molecule has 0 fully saturated rings. The monoisotopic (exact) mass is 403 g/mol. The fourth-order valence-electron chi connectivity index (χ4n) is 2.85. The van der Waals surface area contributed by atoms with Crippen LogP contribution in [-0.2, 0) is 18.9 Å². The number of nitrogens with one attached hydrogen (secondary N) is 1. The molecule has 0 saturated carbocycles. The molecule has 0 saturated heterocycles. The molecule has 170 valence electrons. The van der Waals surface area contributed by atoms with Crippen LogP contribution >= 0.6 is 0 Å². The zero-order chi connectivity index (χ0) is 20.7. The molecule has 0 aliphatic carbocycles. The van der Waals surface area contributed by atoms with Crippen molar-refractivity contribution in [3.63, 3.8) is 0 Å². The van der Waals surface area contributed by atoms with Crippen molar-refractivity contribution >= 4 is 0 Å². The van der Waals surface area contributed by atoms with Crippen LogP contribution in [0.2, 0.25) is 0 Å². The second kappa shape index (κ2) is 23.1. The first-order valence-corrected chi connectivity index (χ1v) is 11.8. The molecule has 0 radical (unpaired) electrons. The van der Waals surface area contributed by atoms with Crippen LogP contribution in [0.15, 0.2) is 0 Å². The summed E-state index contributed by atoms with van der Waals surface area (Å²) in [5, 5.41) is 3.60. The maximum atomic E-state index is 5.62. The molecule has 0 spiro atoms. The summed E-state index contributed by atoms with van der Waals surface area (Å²) in [6.45, 7) is 15.3. The summed E-state index contributed by atoms with van der Waals surface area (Å²) >= 11 is 0. The molecule has 0 aliphatic heterocycles. The number of hydrogen-bond acceptors (Lipinski definition) is 5. The van der Waals surface area contributed by atoms with Gasteiger partial charge in [0.2, 0.25) is 0 Å². The third kappa shape index (κ3) is 20.5. The summed E-state index contributed by atoms with van der Waals surface area (Å²) in [6.07, 6.45) is 10.2. The largest absolute Gasteiger partial charge is 0.379 e. The Morgan fingerprint density at radius 3 is 1.71 bits per heavy atom. The average Bonchev–Trinajstić information content (AvgIpc) is 2.72. The van der Waals surface area contributed by atoms with Crippen LogP contribution in [0.5, 0.6) is 0 Å². The molecule has 0 aromatic rings. The minimum atomic E-state index is 0.615. The van der Waals surface area contributed by atoms with Crippen molar-refractivity contribution in [2.45, 2.75) is 85.1 Å². The normalized spacial score (nSPS) is 13.7. The number of unbranched alkanes of at least 4 members (excludes halogenated alkanes) is 3. The fraction of sp³-hybridized carbons (Fsp3) is 1.00. The highest BCUT2D eigenvalue weighted by Gasteiger charge is 2.04. The van der Waals surface area contributed by atoms with E-state index in [4.69, 9.17) is 18.9 Å². The molecule has 0 amide bonds. The van der Waals surface area contributed by atoms with E-state index in [1.54, 1.807) is 0 Å². The Morgan fingerprint density at radius 1 is 0.607 bits per heavy atom. The summed E-state index contributed by atoms with van der Waals surface area (Å²) < 4.78 is 22.2. The molecule has 0 bridgehead atoms. The molecule has 0 heterocycles. The third-order valence-corrected chi connectivity index (χ3v) is 5.15. The molecular formula is C23H49NO4. The van der Waals surface area contributed by atoms with E-state index in [1.807, 2.05) is 0 Å². The van der Waals surface area contributed by atoms with Gasteiger partial charge >= 0.3 is 0 Å². The summed E-state index contributed by atoms with van der Waals surface area (Å²) in [7, 11) is 0. The maximum Gasteiger partial charge on any atom is 0.0701 e. The van der Waals surface area contributed by atoms with Gasteiger partial charge in [-0.05, 0) is 25.2 Å². The summed E-state index contributed by atoms with van der Waals surface area (Å²) in [5.74, 6) is 0.746. The maximum absolute atomic E-state index is 5.62. The van der Waals surface area contributed by atoms with Gasteiger partial charge < -0.3 is 24.3 Å². The van der Waals surface area contributed by atoms with Gasteiger partial charge in [-0.2, -0.15) is 0 Å². The third-order valence-electron chi connectivity index (χ3n) is 5.15. The van der Waals surface area contributed by atoms with Gasteiger partial charge in [-0.1, -0.05) is 59.8 Å². The molecule has 2 unspecified atom stereocenters. The fourth-order valence-corrected chi connectivity index (χ4v) is 2.85. The highest BCUT2D eigenvalue weighted by molar-refractivity contribution is 4.64. The van der Waals surface area contributed by atoms with Crippen LogP contribution in [0.25, 0.3) is 0 Å². The van der Waals surface area contributed by atoms with E-state index in [9.17, 15) is 0 Å². The average molecular weight is 404 g/mol. The Labute approximate surface area is 175 Å². The lowest BCUT2D eigenvalue weighted by Crippen LogP contribution is -2.31. The Kier molecular flexibility index (Phi) is 22.9. The van der Waals surface area contributed by atoms with Crippen LogP contribution in [-0.4, -0.2) is 65.4 Å². The molecular weight excluding hydrogens is 354 g/mol. The number of rotatable bonds is 23. The van der Waals surface area contributed by atoms with E-state index in [-0.39, 0.29) is 0 Å². The topological polar surface area (TPSA) is 49.0 Å². The molecule has 0 rings (SSSR count). The highest BCUT2D eigenvalue weighted by atomic mass is 16.6. The first kappa shape index (κ1) is 27.8. The zero-order valence-corrected chi connectivity index (χ0v) is 19.3. The van der Waals surface area contributed by atoms with Gasteiger partial charge in [0.05, 0.1) is 46.2 Å². The number of ether oxygens (including phenoxy) is 4. The molecule has 1 N–H and O–H groups in total. The van der Waals surface area contributed by atoms with E-state index < -0.39 is 0 Å². The molecule has 5 nitrogen and oxygen atoms in total.